The zero-order chi connectivity index (χ0) is 11.1. The van der Waals surface area contributed by atoms with E-state index in [1.807, 2.05) is 18.2 Å². The summed E-state index contributed by atoms with van der Waals surface area (Å²) in [5, 5.41) is 8.35. The van der Waals surface area contributed by atoms with E-state index >= 15 is 0 Å². The molecule has 0 unspecified atom stereocenters. The molecule has 0 amide bonds. The largest absolute Gasteiger partial charge is 0.494 e. The van der Waals surface area contributed by atoms with Gasteiger partial charge in [0.15, 0.2) is 0 Å². The number of ether oxygens (including phenoxy) is 1. The smallest absolute Gasteiger partial charge is 0.119 e. The molecular weight excluding hydrogens is 277 g/mol. The normalized spacial score (nSPS) is 9.67. The molecule has 0 aliphatic rings. The summed E-state index contributed by atoms with van der Waals surface area (Å²) in [6.45, 7) is 0.566. The number of hydrogen-bond donors (Lipinski definition) is 0. The lowest BCUT2D eigenvalue weighted by Crippen LogP contribution is -1.97. The standard InChI is InChI=1S/C11H11BrClNO/c12-11-4-3-10(7-9(11)8-13)15-6-2-1-5-14/h3-4,7H,1-2,6,8H2. The average molecular weight is 289 g/mol. The maximum atomic E-state index is 8.35. The Balaban J connectivity index is 2.52. The van der Waals surface area contributed by atoms with Crippen molar-refractivity contribution >= 4 is 27.5 Å². The maximum absolute atomic E-state index is 8.35. The van der Waals surface area contributed by atoms with Crippen LogP contribution in [0.25, 0.3) is 0 Å². The first kappa shape index (κ1) is 12.4. The van der Waals surface area contributed by atoms with E-state index in [9.17, 15) is 0 Å². The second-order valence-corrected chi connectivity index (χ2v) is 4.12. The molecule has 0 saturated heterocycles. The van der Waals surface area contributed by atoms with Gasteiger partial charge in [0.05, 0.1) is 12.7 Å². The lowest BCUT2D eigenvalue weighted by Gasteiger charge is -2.07. The molecule has 80 valence electrons. The second-order valence-electron chi connectivity index (χ2n) is 3.00. The van der Waals surface area contributed by atoms with Crippen LogP contribution in [0.15, 0.2) is 22.7 Å². The highest BCUT2D eigenvalue weighted by Gasteiger charge is 2.01. The Hall–Kier alpha value is -0.720. The van der Waals surface area contributed by atoms with Gasteiger partial charge in [-0.05, 0) is 30.2 Å². The molecule has 0 heterocycles. The SMILES string of the molecule is N#CCCCOc1ccc(Br)c(CCl)c1. The third-order valence-electron chi connectivity index (χ3n) is 1.86. The number of unbranched alkanes of at least 4 members (excludes halogenated alkanes) is 1. The Bertz CT molecular complexity index is 362. The number of halogens is 2. The number of nitriles is 1. The molecule has 2 nitrogen and oxygen atoms in total. The molecule has 0 aliphatic carbocycles. The summed E-state index contributed by atoms with van der Waals surface area (Å²) >= 11 is 9.16. The molecule has 4 heteroatoms. The zero-order valence-electron chi connectivity index (χ0n) is 8.17. The van der Waals surface area contributed by atoms with Crippen molar-refractivity contribution in [2.45, 2.75) is 18.7 Å². The Morgan fingerprint density at radius 1 is 1.47 bits per heavy atom. The van der Waals surface area contributed by atoms with Crippen LogP contribution in [0.3, 0.4) is 0 Å². The van der Waals surface area contributed by atoms with Gasteiger partial charge in [0, 0.05) is 16.8 Å². The van der Waals surface area contributed by atoms with Crippen LogP contribution in [-0.2, 0) is 5.88 Å². The van der Waals surface area contributed by atoms with Crippen LogP contribution in [0, 0.1) is 11.3 Å². The first-order valence-corrected chi connectivity index (χ1v) is 5.95. The van der Waals surface area contributed by atoms with Crippen molar-refractivity contribution in [3.63, 3.8) is 0 Å². The van der Waals surface area contributed by atoms with Crippen LogP contribution in [0.1, 0.15) is 18.4 Å². The Kier molecular flexibility index (Phi) is 5.52. The summed E-state index contributed by atoms with van der Waals surface area (Å²) in [5.41, 5.74) is 1.01. The van der Waals surface area contributed by atoms with Gasteiger partial charge in [-0.25, -0.2) is 0 Å². The van der Waals surface area contributed by atoms with E-state index in [1.165, 1.54) is 0 Å². The van der Waals surface area contributed by atoms with E-state index in [1.54, 1.807) is 0 Å². The maximum Gasteiger partial charge on any atom is 0.119 e. The van der Waals surface area contributed by atoms with Crippen molar-refractivity contribution in [3.05, 3.63) is 28.2 Å². The monoisotopic (exact) mass is 287 g/mol. The number of hydrogen-bond acceptors (Lipinski definition) is 2. The fraction of sp³-hybridized carbons (Fsp3) is 0.364. The van der Waals surface area contributed by atoms with Crippen LogP contribution in [0.5, 0.6) is 5.75 Å². The first-order chi connectivity index (χ1) is 7.27. The summed E-state index contributed by atoms with van der Waals surface area (Å²) < 4.78 is 6.46. The fourth-order valence-corrected chi connectivity index (χ4v) is 1.85. The van der Waals surface area contributed by atoms with E-state index in [0.29, 0.717) is 18.9 Å². The molecule has 0 fully saturated rings. The van der Waals surface area contributed by atoms with Crippen molar-refractivity contribution in [2.75, 3.05) is 6.61 Å². The Labute approximate surface area is 103 Å². The van der Waals surface area contributed by atoms with E-state index < -0.39 is 0 Å². The summed E-state index contributed by atoms with van der Waals surface area (Å²) in [6.07, 6.45) is 1.28. The molecule has 0 aliphatic heterocycles. The van der Waals surface area contributed by atoms with Gasteiger partial charge in [-0.2, -0.15) is 5.26 Å². The third kappa shape index (κ3) is 4.11. The molecule has 0 radical (unpaired) electrons. The molecule has 0 spiro atoms. The molecule has 0 atom stereocenters. The van der Waals surface area contributed by atoms with E-state index in [0.717, 1.165) is 22.2 Å². The zero-order valence-corrected chi connectivity index (χ0v) is 10.5. The average Bonchev–Trinajstić information content (AvgIpc) is 2.26. The highest BCUT2D eigenvalue weighted by Crippen LogP contribution is 2.24. The van der Waals surface area contributed by atoms with Crippen LogP contribution < -0.4 is 4.74 Å². The Morgan fingerprint density at radius 3 is 2.93 bits per heavy atom. The molecular formula is C11H11BrClNO. The second kappa shape index (κ2) is 6.71. The van der Waals surface area contributed by atoms with Gasteiger partial charge in [-0.15, -0.1) is 11.6 Å². The third-order valence-corrected chi connectivity index (χ3v) is 2.92. The molecule has 0 aromatic heterocycles. The van der Waals surface area contributed by atoms with Crippen molar-refractivity contribution in [1.29, 1.82) is 5.26 Å². The summed E-state index contributed by atoms with van der Waals surface area (Å²) in [5.74, 6) is 1.25. The van der Waals surface area contributed by atoms with Gasteiger partial charge in [-0.1, -0.05) is 15.9 Å². The predicted molar refractivity (Wildman–Crippen MR) is 64.0 cm³/mol. The number of alkyl halides is 1. The highest BCUT2D eigenvalue weighted by molar-refractivity contribution is 9.10. The minimum absolute atomic E-state index is 0.454. The lowest BCUT2D eigenvalue weighted by atomic mass is 10.2. The van der Waals surface area contributed by atoms with Crippen LogP contribution in [0.4, 0.5) is 0 Å². The topological polar surface area (TPSA) is 33.0 Å². The molecule has 15 heavy (non-hydrogen) atoms. The van der Waals surface area contributed by atoms with Crippen LogP contribution in [0.2, 0.25) is 0 Å². The number of benzene rings is 1. The van der Waals surface area contributed by atoms with E-state index in [4.69, 9.17) is 21.6 Å². The van der Waals surface area contributed by atoms with Crippen molar-refractivity contribution < 1.29 is 4.74 Å². The molecule has 0 N–H and O–H groups in total. The summed E-state index contributed by atoms with van der Waals surface area (Å²) in [4.78, 5) is 0. The van der Waals surface area contributed by atoms with Crippen LogP contribution >= 0.6 is 27.5 Å². The minimum atomic E-state index is 0.454. The van der Waals surface area contributed by atoms with Crippen molar-refractivity contribution in [2.24, 2.45) is 0 Å². The van der Waals surface area contributed by atoms with E-state index in [-0.39, 0.29) is 0 Å². The van der Waals surface area contributed by atoms with Gasteiger partial charge in [0.1, 0.15) is 5.75 Å². The lowest BCUT2D eigenvalue weighted by molar-refractivity contribution is 0.312. The van der Waals surface area contributed by atoms with E-state index in [2.05, 4.69) is 22.0 Å². The highest BCUT2D eigenvalue weighted by atomic mass is 79.9. The number of rotatable bonds is 5. The van der Waals surface area contributed by atoms with Gasteiger partial charge in [0.2, 0.25) is 0 Å². The van der Waals surface area contributed by atoms with Gasteiger partial charge >= 0.3 is 0 Å². The van der Waals surface area contributed by atoms with Gasteiger partial charge in [-0.3, -0.25) is 0 Å². The summed E-state index contributed by atoms with van der Waals surface area (Å²) in [7, 11) is 0. The molecule has 0 bridgehead atoms. The first-order valence-electron chi connectivity index (χ1n) is 4.62. The predicted octanol–water partition coefficient (Wildman–Crippen LogP) is 3.87. The van der Waals surface area contributed by atoms with Gasteiger partial charge in [0.25, 0.3) is 0 Å². The van der Waals surface area contributed by atoms with Gasteiger partial charge < -0.3 is 4.74 Å². The van der Waals surface area contributed by atoms with Crippen molar-refractivity contribution in [1.82, 2.24) is 0 Å². The van der Waals surface area contributed by atoms with Crippen molar-refractivity contribution in [3.8, 4) is 11.8 Å². The quantitative estimate of drug-likeness (QED) is 0.608. The van der Waals surface area contributed by atoms with Crippen LogP contribution in [-0.4, -0.2) is 6.61 Å². The summed E-state index contributed by atoms with van der Waals surface area (Å²) in [6, 6.07) is 7.78. The molecule has 1 rings (SSSR count). The molecule has 0 saturated carbocycles. The number of nitrogens with zero attached hydrogens (tertiary/aromatic N) is 1. The minimum Gasteiger partial charge on any atom is -0.494 e. The Morgan fingerprint density at radius 2 is 2.27 bits per heavy atom. The molecule has 1 aromatic rings. The fourth-order valence-electron chi connectivity index (χ4n) is 1.08. The molecule has 1 aromatic carbocycles.